The number of anilines is 2. The molecule has 10 heteroatoms. The third-order valence-electron chi connectivity index (χ3n) is 7.46. The van der Waals surface area contributed by atoms with E-state index in [-0.39, 0.29) is 32.0 Å². The second-order valence-corrected chi connectivity index (χ2v) is 11.5. The van der Waals surface area contributed by atoms with Gasteiger partial charge in [-0.15, -0.1) is 0 Å². The summed E-state index contributed by atoms with van der Waals surface area (Å²) < 4.78 is 0.703. The van der Waals surface area contributed by atoms with E-state index in [2.05, 4.69) is 21.2 Å². The summed E-state index contributed by atoms with van der Waals surface area (Å²) in [5.41, 5.74) is 1.26. The number of amides is 3. The zero-order valence-electron chi connectivity index (χ0n) is 24.1. The van der Waals surface area contributed by atoms with Gasteiger partial charge in [0.2, 0.25) is 5.91 Å². The van der Waals surface area contributed by atoms with Crippen LogP contribution in [0.3, 0.4) is 0 Å². The number of carbonyl (C=O) groups excluding carboxylic acids is 3. The van der Waals surface area contributed by atoms with Crippen LogP contribution < -0.4 is 10.2 Å². The van der Waals surface area contributed by atoms with Crippen LogP contribution in [-0.2, 0) is 33.1 Å². The van der Waals surface area contributed by atoms with Crippen molar-refractivity contribution in [3.05, 3.63) is 106 Å². The van der Waals surface area contributed by atoms with Crippen molar-refractivity contribution >= 4 is 45.0 Å². The Morgan fingerprint density at radius 3 is 2.47 bits per heavy atom. The molecule has 0 bridgehead atoms. The summed E-state index contributed by atoms with van der Waals surface area (Å²) in [7, 11) is 0. The van der Waals surface area contributed by atoms with E-state index in [0.29, 0.717) is 33.5 Å². The minimum Gasteiger partial charge on any atom is -0.395 e. The molecule has 0 fully saturated rings. The van der Waals surface area contributed by atoms with E-state index in [1.165, 1.54) is 11.8 Å². The molecule has 0 spiro atoms. The third-order valence-corrected chi connectivity index (χ3v) is 7.95. The number of carbonyl (C=O) groups is 3. The van der Waals surface area contributed by atoms with E-state index in [1.54, 1.807) is 60.4 Å². The Hall–Kier alpha value is -3.83. The highest BCUT2D eigenvalue weighted by atomic mass is 79.9. The number of aliphatic hydroxyl groups excluding tert-OH is 2. The summed E-state index contributed by atoms with van der Waals surface area (Å²) in [6, 6.07) is 21.8. The highest BCUT2D eigenvalue weighted by Gasteiger charge is 2.52. The topological polar surface area (TPSA) is 130 Å². The summed E-state index contributed by atoms with van der Waals surface area (Å²) in [5.74, 6) is -1.91. The first-order chi connectivity index (χ1) is 20.5. The molecular weight excluding hydrogens is 614 g/mol. The van der Waals surface area contributed by atoms with Gasteiger partial charge < -0.3 is 30.4 Å². The Balaban J connectivity index is 1.52. The fraction of sp³-hybridized carbons (Fsp3) is 0.303. The molecule has 1 heterocycles. The minimum atomic E-state index is -1.88. The second kappa shape index (κ2) is 14.1. The van der Waals surface area contributed by atoms with Crippen molar-refractivity contribution in [1.29, 1.82) is 0 Å². The molecule has 3 amide bonds. The number of aliphatic hydroxyl groups is 3. The number of hydrogen-bond acceptors (Lipinski definition) is 6. The second-order valence-electron chi connectivity index (χ2n) is 10.6. The van der Waals surface area contributed by atoms with Gasteiger partial charge in [-0.3, -0.25) is 14.4 Å². The fourth-order valence-electron chi connectivity index (χ4n) is 5.11. The highest BCUT2D eigenvalue weighted by molar-refractivity contribution is 9.10. The first-order valence-electron chi connectivity index (χ1n) is 14.1. The molecule has 0 aliphatic carbocycles. The predicted octanol–water partition coefficient (Wildman–Crippen LogP) is 4.11. The lowest BCUT2D eigenvalue weighted by atomic mass is 9.83. The van der Waals surface area contributed by atoms with Crippen LogP contribution >= 0.6 is 15.9 Å². The van der Waals surface area contributed by atoms with Gasteiger partial charge in [0.05, 0.1) is 18.8 Å². The summed E-state index contributed by atoms with van der Waals surface area (Å²) >= 11 is 3.46. The Bertz CT molecular complexity index is 1490. The number of nitrogens with one attached hydrogen (secondary N) is 1. The summed E-state index contributed by atoms with van der Waals surface area (Å²) in [4.78, 5) is 41.9. The number of nitrogens with zero attached hydrogens (tertiary/aromatic N) is 2. The standard InChI is InChI=1S/C33H36BrN3O6/c1-22(8-6-13-30(40)36(16-17-38)20-24-9-4-3-5-10-24)33(43)28-19-26(34)14-15-29(28)37(32(33)42)21-25-11-7-12-27(18-25)35-31(41)23(2)39/h3-12,14-15,18-19,22-23,38-39,43H,13,16-17,20-21H2,1-2H3,(H,35,41)/b8-6+/t22-,23-,33+/m0/s1. The van der Waals surface area contributed by atoms with Gasteiger partial charge in [-0.05, 0) is 48.4 Å². The van der Waals surface area contributed by atoms with Crippen LogP contribution in [0.5, 0.6) is 0 Å². The largest absolute Gasteiger partial charge is 0.395 e. The van der Waals surface area contributed by atoms with Crippen LogP contribution in [0.15, 0.2) is 89.4 Å². The molecule has 0 aromatic heterocycles. The van der Waals surface area contributed by atoms with Crippen LogP contribution in [0.25, 0.3) is 0 Å². The molecule has 43 heavy (non-hydrogen) atoms. The van der Waals surface area contributed by atoms with Crippen molar-refractivity contribution in [2.75, 3.05) is 23.4 Å². The first kappa shape index (κ1) is 32.1. The lowest BCUT2D eigenvalue weighted by Gasteiger charge is -2.28. The molecule has 226 valence electrons. The van der Waals surface area contributed by atoms with Crippen LogP contribution in [-0.4, -0.2) is 57.2 Å². The van der Waals surface area contributed by atoms with Gasteiger partial charge in [-0.2, -0.15) is 0 Å². The lowest BCUT2D eigenvalue weighted by Crippen LogP contribution is -2.44. The molecular formula is C33H36BrN3O6. The Labute approximate surface area is 259 Å². The summed E-state index contributed by atoms with van der Waals surface area (Å²) in [6.45, 7) is 3.64. The summed E-state index contributed by atoms with van der Waals surface area (Å²) in [5, 5.41) is 33.6. The van der Waals surface area contributed by atoms with Gasteiger partial charge in [-0.25, -0.2) is 0 Å². The van der Waals surface area contributed by atoms with Gasteiger partial charge in [-0.1, -0.05) is 77.5 Å². The van der Waals surface area contributed by atoms with Crippen molar-refractivity contribution in [2.24, 2.45) is 5.92 Å². The molecule has 1 aliphatic heterocycles. The maximum absolute atomic E-state index is 13.9. The SMILES string of the molecule is C[C@H](O)C(=O)Nc1cccc(CN2C(=O)[C@@](O)([C@@H](C)/C=C/CC(=O)N(CCO)Cc3ccccc3)c3cc(Br)ccc32)c1. The maximum atomic E-state index is 13.9. The monoisotopic (exact) mass is 649 g/mol. The van der Waals surface area contributed by atoms with Crippen molar-refractivity contribution < 1.29 is 29.7 Å². The molecule has 0 unspecified atom stereocenters. The predicted molar refractivity (Wildman–Crippen MR) is 168 cm³/mol. The molecule has 3 aromatic rings. The molecule has 3 atom stereocenters. The Morgan fingerprint density at radius 1 is 1.05 bits per heavy atom. The van der Waals surface area contributed by atoms with Gasteiger partial charge in [0.25, 0.3) is 11.8 Å². The quantitative estimate of drug-likeness (QED) is 0.219. The highest BCUT2D eigenvalue weighted by Crippen LogP contribution is 2.46. The van der Waals surface area contributed by atoms with E-state index >= 15 is 0 Å². The fourth-order valence-corrected chi connectivity index (χ4v) is 5.47. The Morgan fingerprint density at radius 2 is 1.77 bits per heavy atom. The molecule has 4 N–H and O–H groups in total. The molecule has 4 rings (SSSR count). The molecule has 1 aliphatic rings. The molecule has 3 aromatic carbocycles. The summed E-state index contributed by atoms with van der Waals surface area (Å²) in [6.07, 6.45) is 2.20. The smallest absolute Gasteiger partial charge is 0.264 e. The van der Waals surface area contributed by atoms with Crippen molar-refractivity contribution in [2.45, 2.75) is 45.1 Å². The number of halogens is 1. The molecule has 0 saturated heterocycles. The van der Waals surface area contributed by atoms with Crippen molar-refractivity contribution in [1.82, 2.24) is 4.90 Å². The van der Waals surface area contributed by atoms with Gasteiger partial charge >= 0.3 is 0 Å². The average molecular weight is 651 g/mol. The number of hydrogen-bond donors (Lipinski definition) is 4. The molecule has 0 saturated carbocycles. The third kappa shape index (κ3) is 7.40. The zero-order chi connectivity index (χ0) is 31.1. The number of rotatable bonds is 12. The van der Waals surface area contributed by atoms with Crippen molar-refractivity contribution in [3.8, 4) is 0 Å². The molecule has 0 radical (unpaired) electrons. The van der Waals surface area contributed by atoms with E-state index < -0.39 is 29.4 Å². The van der Waals surface area contributed by atoms with Gasteiger partial charge in [0, 0.05) is 41.2 Å². The average Bonchev–Trinajstić information content (AvgIpc) is 3.19. The van der Waals surface area contributed by atoms with E-state index in [4.69, 9.17) is 0 Å². The minimum absolute atomic E-state index is 0.0431. The maximum Gasteiger partial charge on any atom is 0.264 e. The normalized spacial score (nSPS) is 17.5. The number of fused-ring (bicyclic) bond motifs is 1. The first-order valence-corrected chi connectivity index (χ1v) is 14.8. The van der Waals surface area contributed by atoms with E-state index in [1.807, 2.05) is 36.4 Å². The molecule has 9 nitrogen and oxygen atoms in total. The van der Waals surface area contributed by atoms with Crippen molar-refractivity contribution in [3.63, 3.8) is 0 Å². The van der Waals surface area contributed by atoms with Gasteiger partial charge in [0.1, 0.15) is 6.10 Å². The van der Waals surface area contributed by atoms with E-state index in [9.17, 15) is 29.7 Å². The van der Waals surface area contributed by atoms with Gasteiger partial charge in [0.15, 0.2) is 5.60 Å². The van der Waals surface area contributed by atoms with E-state index in [0.717, 1.165) is 5.56 Å². The zero-order valence-corrected chi connectivity index (χ0v) is 25.7. The van der Waals surface area contributed by atoms with Crippen LogP contribution in [0, 0.1) is 5.92 Å². The van der Waals surface area contributed by atoms with Crippen LogP contribution in [0.2, 0.25) is 0 Å². The van der Waals surface area contributed by atoms with Crippen LogP contribution in [0.4, 0.5) is 11.4 Å². The van der Waals surface area contributed by atoms with Crippen LogP contribution in [0.1, 0.15) is 37.0 Å². The Kier molecular flexibility index (Phi) is 10.5. The lowest BCUT2D eigenvalue weighted by molar-refractivity contribution is -0.139. The number of benzene rings is 3.